The van der Waals surface area contributed by atoms with Gasteiger partial charge in [0.25, 0.3) is 0 Å². The maximum Gasteiger partial charge on any atom is 0.124 e. The van der Waals surface area contributed by atoms with Gasteiger partial charge in [-0.25, -0.2) is 0 Å². The Bertz CT molecular complexity index is 334. The zero-order chi connectivity index (χ0) is 10.7. The first-order valence-electron chi connectivity index (χ1n) is 5.46. The molecule has 1 aromatic carbocycles. The van der Waals surface area contributed by atoms with Crippen LogP contribution in [0.4, 0.5) is 5.69 Å². The van der Waals surface area contributed by atoms with E-state index in [1.807, 2.05) is 25.1 Å². The van der Waals surface area contributed by atoms with E-state index in [1.54, 1.807) is 0 Å². The molecular weight excluding hydrogens is 190 g/mol. The van der Waals surface area contributed by atoms with Crippen molar-refractivity contribution in [3.05, 3.63) is 23.8 Å². The van der Waals surface area contributed by atoms with Crippen molar-refractivity contribution in [1.29, 1.82) is 0 Å². The quantitative estimate of drug-likeness (QED) is 0.777. The Hall–Kier alpha value is -1.22. The van der Waals surface area contributed by atoms with Crippen LogP contribution in [0.15, 0.2) is 18.2 Å². The molecule has 0 spiro atoms. The van der Waals surface area contributed by atoms with E-state index in [4.69, 9.17) is 4.74 Å². The Morgan fingerprint density at radius 3 is 2.87 bits per heavy atom. The largest absolute Gasteiger partial charge is 0.494 e. The molecule has 0 aromatic heterocycles. The number of aliphatic hydroxyl groups is 1. The number of nitrogens with one attached hydrogen (secondary N) is 1. The number of aliphatic hydroxyl groups excluding tert-OH is 1. The second-order valence-electron chi connectivity index (χ2n) is 3.83. The van der Waals surface area contributed by atoms with Crippen molar-refractivity contribution in [2.75, 3.05) is 11.9 Å². The van der Waals surface area contributed by atoms with Crippen LogP contribution in [0.5, 0.6) is 5.75 Å². The minimum atomic E-state index is 0.0233. The molecule has 1 aliphatic rings. The zero-order valence-electron chi connectivity index (χ0n) is 8.99. The van der Waals surface area contributed by atoms with Gasteiger partial charge in [-0.2, -0.15) is 0 Å². The van der Waals surface area contributed by atoms with Gasteiger partial charge in [-0.05, 0) is 38.0 Å². The Balaban J connectivity index is 2.12. The van der Waals surface area contributed by atoms with Crippen molar-refractivity contribution < 1.29 is 9.84 Å². The van der Waals surface area contributed by atoms with Crippen molar-refractivity contribution in [2.45, 2.75) is 32.4 Å². The summed E-state index contributed by atoms with van der Waals surface area (Å²) in [6.45, 7) is 2.59. The third-order valence-corrected chi connectivity index (χ3v) is 2.48. The van der Waals surface area contributed by atoms with Crippen molar-refractivity contribution >= 4 is 5.69 Å². The monoisotopic (exact) mass is 207 g/mol. The average molecular weight is 207 g/mol. The third-order valence-electron chi connectivity index (χ3n) is 2.48. The van der Waals surface area contributed by atoms with Crippen LogP contribution in [-0.4, -0.2) is 17.8 Å². The topological polar surface area (TPSA) is 41.5 Å². The fourth-order valence-electron chi connectivity index (χ4n) is 1.55. The van der Waals surface area contributed by atoms with Gasteiger partial charge in [0.05, 0.1) is 13.2 Å². The van der Waals surface area contributed by atoms with Gasteiger partial charge in [-0.15, -0.1) is 0 Å². The van der Waals surface area contributed by atoms with Crippen LogP contribution < -0.4 is 10.1 Å². The Labute approximate surface area is 90.1 Å². The van der Waals surface area contributed by atoms with Crippen molar-refractivity contribution in [2.24, 2.45) is 0 Å². The molecule has 0 unspecified atom stereocenters. The Morgan fingerprint density at radius 2 is 2.27 bits per heavy atom. The maximum absolute atomic E-state index is 9.21. The van der Waals surface area contributed by atoms with Crippen LogP contribution in [0.1, 0.15) is 25.3 Å². The molecule has 82 valence electrons. The highest BCUT2D eigenvalue weighted by molar-refractivity contribution is 5.52. The summed E-state index contributed by atoms with van der Waals surface area (Å²) >= 11 is 0. The highest BCUT2D eigenvalue weighted by Gasteiger charge is 2.20. The molecule has 3 nitrogen and oxygen atoms in total. The first-order chi connectivity index (χ1) is 7.33. The summed E-state index contributed by atoms with van der Waals surface area (Å²) in [7, 11) is 0. The number of ether oxygens (including phenoxy) is 1. The van der Waals surface area contributed by atoms with Crippen LogP contribution >= 0.6 is 0 Å². The van der Waals surface area contributed by atoms with Crippen LogP contribution in [0.25, 0.3) is 0 Å². The molecule has 0 amide bonds. The summed E-state index contributed by atoms with van der Waals surface area (Å²) in [5.41, 5.74) is 1.92. The van der Waals surface area contributed by atoms with E-state index in [9.17, 15) is 5.11 Å². The number of anilines is 1. The second-order valence-corrected chi connectivity index (χ2v) is 3.83. The lowest BCUT2D eigenvalue weighted by atomic mass is 10.2. The number of benzene rings is 1. The maximum atomic E-state index is 9.21. The lowest BCUT2D eigenvalue weighted by Crippen LogP contribution is -2.03. The first kappa shape index (κ1) is 10.3. The molecule has 1 aliphatic carbocycles. The molecule has 1 aromatic rings. The smallest absolute Gasteiger partial charge is 0.124 e. The molecular formula is C12H17NO2. The fourth-order valence-corrected chi connectivity index (χ4v) is 1.55. The van der Waals surface area contributed by atoms with Gasteiger partial charge >= 0.3 is 0 Å². The molecule has 2 N–H and O–H groups in total. The van der Waals surface area contributed by atoms with E-state index >= 15 is 0 Å². The molecule has 0 saturated heterocycles. The summed E-state index contributed by atoms with van der Waals surface area (Å²) < 4.78 is 5.42. The number of hydrogen-bond acceptors (Lipinski definition) is 3. The first-order valence-corrected chi connectivity index (χ1v) is 5.46. The fraction of sp³-hybridized carbons (Fsp3) is 0.500. The lowest BCUT2D eigenvalue weighted by Gasteiger charge is -2.11. The van der Waals surface area contributed by atoms with Gasteiger partial charge in [-0.1, -0.05) is 0 Å². The average Bonchev–Trinajstić information content (AvgIpc) is 3.04. The predicted octanol–water partition coefficient (Wildman–Crippen LogP) is 2.15. The van der Waals surface area contributed by atoms with Crippen molar-refractivity contribution in [3.8, 4) is 5.75 Å². The molecule has 0 bridgehead atoms. The van der Waals surface area contributed by atoms with Gasteiger partial charge in [0.2, 0.25) is 0 Å². The molecule has 1 saturated carbocycles. The van der Waals surface area contributed by atoms with Crippen LogP contribution in [0, 0.1) is 0 Å². The summed E-state index contributed by atoms with van der Waals surface area (Å²) in [5.74, 6) is 0.779. The summed E-state index contributed by atoms with van der Waals surface area (Å²) in [6.07, 6.45) is 2.50. The Kier molecular flexibility index (Phi) is 3.11. The van der Waals surface area contributed by atoms with Crippen molar-refractivity contribution in [3.63, 3.8) is 0 Å². The standard InChI is InChI=1S/C12H17NO2/c1-2-15-12-6-5-11(7-9(12)8-14)13-10-3-4-10/h5-7,10,13-14H,2-4,8H2,1H3. The molecule has 0 aliphatic heterocycles. The van der Waals surface area contributed by atoms with E-state index in [-0.39, 0.29) is 6.61 Å². The van der Waals surface area contributed by atoms with E-state index in [0.29, 0.717) is 12.6 Å². The normalized spacial score (nSPS) is 15.1. The molecule has 0 atom stereocenters. The summed E-state index contributed by atoms with van der Waals surface area (Å²) in [4.78, 5) is 0. The Morgan fingerprint density at radius 1 is 1.47 bits per heavy atom. The van der Waals surface area contributed by atoms with Crippen LogP contribution in [0.3, 0.4) is 0 Å². The molecule has 3 heteroatoms. The highest BCUT2D eigenvalue weighted by atomic mass is 16.5. The minimum absolute atomic E-state index is 0.0233. The van der Waals surface area contributed by atoms with E-state index in [0.717, 1.165) is 17.0 Å². The molecule has 15 heavy (non-hydrogen) atoms. The molecule has 0 heterocycles. The molecule has 1 fully saturated rings. The van der Waals surface area contributed by atoms with Crippen LogP contribution in [0.2, 0.25) is 0 Å². The number of hydrogen-bond donors (Lipinski definition) is 2. The van der Waals surface area contributed by atoms with Gasteiger partial charge in [0.1, 0.15) is 5.75 Å². The molecule has 2 rings (SSSR count). The van der Waals surface area contributed by atoms with E-state index < -0.39 is 0 Å². The van der Waals surface area contributed by atoms with Gasteiger partial charge in [0, 0.05) is 17.3 Å². The third kappa shape index (κ3) is 2.63. The highest BCUT2D eigenvalue weighted by Crippen LogP contribution is 2.28. The van der Waals surface area contributed by atoms with E-state index in [2.05, 4.69) is 5.32 Å². The van der Waals surface area contributed by atoms with Crippen molar-refractivity contribution in [1.82, 2.24) is 0 Å². The summed E-state index contributed by atoms with van der Waals surface area (Å²) in [6, 6.07) is 6.51. The zero-order valence-corrected chi connectivity index (χ0v) is 8.99. The minimum Gasteiger partial charge on any atom is -0.494 e. The van der Waals surface area contributed by atoms with E-state index in [1.165, 1.54) is 12.8 Å². The van der Waals surface area contributed by atoms with Crippen LogP contribution in [-0.2, 0) is 6.61 Å². The lowest BCUT2D eigenvalue weighted by molar-refractivity contribution is 0.267. The van der Waals surface area contributed by atoms with Gasteiger partial charge < -0.3 is 15.2 Å². The predicted molar refractivity (Wildman–Crippen MR) is 60.2 cm³/mol. The van der Waals surface area contributed by atoms with Gasteiger partial charge in [-0.3, -0.25) is 0 Å². The number of rotatable bonds is 5. The SMILES string of the molecule is CCOc1ccc(NC2CC2)cc1CO. The summed E-state index contributed by atoms with van der Waals surface area (Å²) in [5, 5.41) is 12.6. The van der Waals surface area contributed by atoms with Gasteiger partial charge in [0.15, 0.2) is 0 Å². The second kappa shape index (κ2) is 4.53. The molecule has 0 radical (unpaired) electrons.